The molecule has 0 aliphatic heterocycles. The second kappa shape index (κ2) is 4.56. The topological polar surface area (TPSA) is 53.4 Å². The van der Waals surface area contributed by atoms with Gasteiger partial charge < -0.3 is 10.0 Å². The molecule has 1 heterocycles. The average Bonchev–Trinajstić information content (AvgIpc) is 1.88. The lowest BCUT2D eigenvalue weighted by atomic mass is 9.82. The van der Waals surface area contributed by atoms with E-state index in [1.165, 1.54) is 18.5 Å². The van der Waals surface area contributed by atoms with Crippen LogP contribution in [-0.4, -0.2) is 22.2 Å². The molecule has 0 fully saturated rings. The summed E-state index contributed by atoms with van der Waals surface area (Å²) in [6.07, 6.45) is 2.77. The highest BCUT2D eigenvalue weighted by Gasteiger charge is 2.10. The van der Waals surface area contributed by atoms with Crippen LogP contribution >= 0.6 is 24.0 Å². The van der Waals surface area contributed by atoms with Crippen molar-refractivity contribution in [3.63, 3.8) is 0 Å². The molecule has 0 radical (unpaired) electrons. The van der Waals surface area contributed by atoms with Crippen LogP contribution in [-0.2, 0) is 0 Å². The summed E-state index contributed by atoms with van der Waals surface area (Å²) >= 11 is 5.50. The zero-order valence-electron chi connectivity index (χ0n) is 5.44. The molecule has 0 bridgehead atoms. The van der Waals surface area contributed by atoms with E-state index in [0.29, 0.717) is 10.5 Å². The average molecular weight is 194 g/mol. The van der Waals surface area contributed by atoms with Crippen molar-refractivity contribution in [1.82, 2.24) is 4.98 Å². The Bertz CT molecular complexity index is 233. The summed E-state index contributed by atoms with van der Waals surface area (Å²) in [5.74, 6) is 0. The maximum absolute atomic E-state index is 8.61. The summed E-state index contributed by atoms with van der Waals surface area (Å²) in [5.41, 5.74) is 0.299. The standard InChI is InChI=1S/C5H5BClNO2.ClH/c7-5-1-4(6(9)10)2-8-3-5;/h1-3,9-10H;1H. The number of aromatic nitrogens is 1. The molecule has 0 saturated carbocycles. The predicted octanol–water partition coefficient (Wildman–Crippen LogP) is -0.163. The number of pyridine rings is 1. The Kier molecular flexibility index (Phi) is 4.45. The molecule has 1 rings (SSSR count). The van der Waals surface area contributed by atoms with E-state index >= 15 is 0 Å². The lowest BCUT2D eigenvalue weighted by molar-refractivity contribution is 0.425. The van der Waals surface area contributed by atoms with Gasteiger partial charge in [0.1, 0.15) is 0 Å². The Morgan fingerprint density at radius 2 is 2.00 bits per heavy atom. The summed E-state index contributed by atoms with van der Waals surface area (Å²) in [6.45, 7) is 0. The highest BCUT2D eigenvalue weighted by Crippen LogP contribution is 2.00. The van der Waals surface area contributed by atoms with Crippen molar-refractivity contribution >= 4 is 36.6 Å². The van der Waals surface area contributed by atoms with Gasteiger partial charge in [-0.2, -0.15) is 0 Å². The van der Waals surface area contributed by atoms with Gasteiger partial charge >= 0.3 is 7.12 Å². The van der Waals surface area contributed by atoms with Gasteiger partial charge in [-0.05, 0) is 6.07 Å². The molecule has 0 atom stereocenters. The number of rotatable bonds is 1. The molecule has 0 aliphatic carbocycles. The van der Waals surface area contributed by atoms with Gasteiger partial charge in [-0.15, -0.1) is 12.4 Å². The van der Waals surface area contributed by atoms with Gasteiger partial charge in [0, 0.05) is 17.9 Å². The minimum absolute atomic E-state index is 0. The zero-order chi connectivity index (χ0) is 7.56. The van der Waals surface area contributed by atoms with Crippen molar-refractivity contribution in [2.75, 3.05) is 0 Å². The number of hydrogen-bond acceptors (Lipinski definition) is 3. The third-order valence-electron chi connectivity index (χ3n) is 1.02. The van der Waals surface area contributed by atoms with Gasteiger partial charge in [-0.1, -0.05) is 11.6 Å². The van der Waals surface area contributed by atoms with E-state index in [9.17, 15) is 0 Å². The fraction of sp³-hybridized carbons (Fsp3) is 0. The normalized spacial score (nSPS) is 8.64. The first kappa shape index (κ1) is 10.7. The molecule has 0 spiro atoms. The summed E-state index contributed by atoms with van der Waals surface area (Å²) in [5, 5.41) is 17.6. The molecule has 0 aliphatic rings. The first-order valence-corrected chi connectivity index (χ1v) is 3.04. The third kappa shape index (κ3) is 3.07. The second-order valence-corrected chi connectivity index (χ2v) is 2.25. The minimum Gasteiger partial charge on any atom is -0.423 e. The lowest BCUT2D eigenvalue weighted by Crippen LogP contribution is -2.29. The van der Waals surface area contributed by atoms with Gasteiger partial charge in [0.2, 0.25) is 0 Å². The van der Waals surface area contributed by atoms with Crippen LogP contribution in [0.25, 0.3) is 0 Å². The minimum atomic E-state index is -1.49. The molecule has 3 nitrogen and oxygen atoms in total. The van der Waals surface area contributed by atoms with Crippen LogP contribution in [0.4, 0.5) is 0 Å². The van der Waals surface area contributed by atoms with E-state index in [0.717, 1.165) is 0 Å². The Morgan fingerprint density at radius 3 is 2.36 bits per heavy atom. The van der Waals surface area contributed by atoms with E-state index in [2.05, 4.69) is 4.98 Å². The lowest BCUT2D eigenvalue weighted by Gasteiger charge is -1.96. The first-order chi connectivity index (χ1) is 4.70. The Morgan fingerprint density at radius 1 is 1.36 bits per heavy atom. The van der Waals surface area contributed by atoms with E-state index in [4.69, 9.17) is 21.6 Å². The fourth-order valence-electron chi connectivity index (χ4n) is 0.569. The quantitative estimate of drug-likeness (QED) is 0.610. The second-order valence-electron chi connectivity index (χ2n) is 1.81. The molecular weight excluding hydrogens is 188 g/mol. The number of hydrogen-bond donors (Lipinski definition) is 2. The van der Waals surface area contributed by atoms with E-state index in [1.54, 1.807) is 0 Å². The Labute approximate surface area is 75.6 Å². The first-order valence-electron chi connectivity index (χ1n) is 2.67. The number of nitrogens with zero attached hydrogens (tertiary/aromatic N) is 1. The third-order valence-corrected chi connectivity index (χ3v) is 1.23. The van der Waals surface area contributed by atoms with Gasteiger partial charge in [0.25, 0.3) is 0 Å². The van der Waals surface area contributed by atoms with Crippen LogP contribution in [0.1, 0.15) is 0 Å². The van der Waals surface area contributed by atoms with Crippen molar-refractivity contribution in [3.8, 4) is 0 Å². The molecule has 0 saturated heterocycles. The summed E-state index contributed by atoms with van der Waals surface area (Å²) < 4.78 is 0. The molecule has 2 N–H and O–H groups in total. The van der Waals surface area contributed by atoms with Crippen LogP contribution in [0, 0.1) is 0 Å². The van der Waals surface area contributed by atoms with E-state index < -0.39 is 7.12 Å². The summed E-state index contributed by atoms with van der Waals surface area (Å²) in [7, 11) is -1.49. The van der Waals surface area contributed by atoms with Crippen molar-refractivity contribution in [1.29, 1.82) is 0 Å². The monoisotopic (exact) mass is 193 g/mol. The van der Waals surface area contributed by atoms with Gasteiger partial charge in [0.05, 0.1) is 5.02 Å². The van der Waals surface area contributed by atoms with E-state index in [-0.39, 0.29) is 12.4 Å². The van der Waals surface area contributed by atoms with E-state index in [1.807, 2.05) is 0 Å². The van der Waals surface area contributed by atoms with Crippen molar-refractivity contribution in [3.05, 3.63) is 23.5 Å². The summed E-state index contributed by atoms with van der Waals surface area (Å²) in [6, 6.07) is 1.44. The van der Waals surface area contributed by atoms with Gasteiger partial charge in [0.15, 0.2) is 0 Å². The molecule has 0 amide bonds. The van der Waals surface area contributed by atoms with Crippen molar-refractivity contribution in [2.45, 2.75) is 0 Å². The molecular formula is C5H6BCl2NO2. The van der Waals surface area contributed by atoms with Crippen LogP contribution < -0.4 is 5.46 Å². The Hall–Kier alpha value is -0.285. The Balaban J connectivity index is 0.000001000. The molecule has 0 aromatic carbocycles. The highest BCUT2D eigenvalue weighted by atomic mass is 35.5. The predicted molar refractivity (Wildman–Crippen MR) is 46.3 cm³/mol. The van der Waals surface area contributed by atoms with Crippen molar-refractivity contribution < 1.29 is 10.0 Å². The molecule has 1 aromatic heterocycles. The molecule has 1 aromatic rings. The maximum atomic E-state index is 8.61. The van der Waals surface area contributed by atoms with Crippen LogP contribution in [0.5, 0.6) is 0 Å². The molecule has 6 heteroatoms. The molecule has 0 unspecified atom stereocenters. The number of halogens is 2. The van der Waals surface area contributed by atoms with Crippen LogP contribution in [0.3, 0.4) is 0 Å². The maximum Gasteiger partial charge on any atom is 0.490 e. The van der Waals surface area contributed by atoms with Crippen molar-refractivity contribution in [2.24, 2.45) is 0 Å². The zero-order valence-corrected chi connectivity index (χ0v) is 7.01. The van der Waals surface area contributed by atoms with Gasteiger partial charge in [-0.25, -0.2) is 0 Å². The fourth-order valence-corrected chi connectivity index (χ4v) is 0.752. The van der Waals surface area contributed by atoms with Crippen LogP contribution in [0.15, 0.2) is 18.5 Å². The largest absolute Gasteiger partial charge is 0.490 e. The molecule has 11 heavy (non-hydrogen) atoms. The highest BCUT2D eigenvalue weighted by molar-refractivity contribution is 6.58. The smallest absolute Gasteiger partial charge is 0.423 e. The van der Waals surface area contributed by atoms with Gasteiger partial charge in [-0.3, -0.25) is 4.98 Å². The van der Waals surface area contributed by atoms with Crippen LogP contribution in [0.2, 0.25) is 5.02 Å². The molecule has 60 valence electrons. The SMILES string of the molecule is Cl.OB(O)c1cncc(Cl)c1. The summed E-state index contributed by atoms with van der Waals surface area (Å²) in [4.78, 5) is 3.65.